The van der Waals surface area contributed by atoms with Crippen LogP contribution in [0.2, 0.25) is 0 Å². The number of hydrogen-bond acceptors (Lipinski definition) is 4. The van der Waals surface area contributed by atoms with Gasteiger partial charge in [-0.15, -0.1) is 0 Å². The lowest BCUT2D eigenvalue weighted by atomic mass is 10.1. The highest BCUT2D eigenvalue weighted by Gasteiger charge is 2.20. The van der Waals surface area contributed by atoms with E-state index in [0.29, 0.717) is 11.4 Å². The highest BCUT2D eigenvalue weighted by molar-refractivity contribution is 6.07. The number of oxazole rings is 1. The summed E-state index contributed by atoms with van der Waals surface area (Å²) in [6, 6.07) is 9.46. The van der Waals surface area contributed by atoms with Crippen molar-refractivity contribution in [2.24, 2.45) is 0 Å². The van der Waals surface area contributed by atoms with Crippen LogP contribution >= 0.6 is 0 Å². The molecule has 1 amide bonds. The Balaban J connectivity index is 1.95. The molecule has 0 unspecified atom stereocenters. The van der Waals surface area contributed by atoms with Crippen LogP contribution in [-0.2, 0) is 0 Å². The molecule has 21 heavy (non-hydrogen) atoms. The Morgan fingerprint density at radius 1 is 1.19 bits per heavy atom. The second-order valence-electron chi connectivity index (χ2n) is 5.06. The van der Waals surface area contributed by atoms with Gasteiger partial charge in [-0.25, -0.2) is 4.98 Å². The van der Waals surface area contributed by atoms with Crippen molar-refractivity contribution in [3.05, 3.63) is 54.4 Å². The van der Waals surface area contributed by atoms with Gasteiger partial charge in [0.15, 0.2) is 6.39 Å². The largest absolute Gasteiger partial charge is 0.438 e. The zero-order valence-corrected chi connectivity index (χ0v) is 11.8. The number of pyridine rings is 1. The summed E-state index contributed by atoms with van der Waals surface area (Å²) in [5.41, 5.74) is 2.06. The van der Waals surface area contributed by atoms with Gasteiger partial charge in [0.2, 0.25) is 5.76 Å². The molecule has 1 N–H and O–H groups in total. The summed E-state index contributed by atoms with van der Waals surface area (Å²) in [5, 5.41) is 3.82. The van der Waals surface area contributed by atoms with Gasteiger partial charge in [0.05, 0.1) is 16.9 Å². The molecule has 0 aliphatic heterocycles. The van der Waals surface area contributed by atoms with Gasteiger partial charge in [0, 0.05) is 11.6 Å². The minimum absolute atomic E-state index is 0.121. The highest BCUT2D eigenvalue weighted by atomic mass is 16.3. The maximum atomic E-state index is 12.4. The Morgan fingerprint density at radius 2 is 2.00 bits per heavy atom. The molecule has 5 nitrogen and oxygen atoms in total. The Hall–Kier alpha value is -2.69. The van der Waals surface area contributed by atoms with Crippen molar-refractivity contribution in [1.82, 2.24) is 9.97 Å². The molecular formula is C16H15N3O2. The fourth-order valence-corrected chi connectivity index (χ4v) is 2.22. The quantitative estimate of drug-likeness (QED) is 0.796. The van der Waals surface area contributed by atoms with E-state index in [0.717, 1.165) is 10.9 Å². The van der Waals surface area contributed by atoms with Crippen molar-refractivity contribution in [1.29, 1.82) is 0 Å². The zero-order valence-electron chi connectivity index (χ0n) is 11.8. The van der Waals surface area contributed by atoms with Gasteiger partial charge < -0.3 is 9.73 Å². The van der Waals surface area contributed by atoms with Gasteiger partial charge in [-0.1, -0.05) is 32.0 Å². The normalized spacial score (nSPS) is 11.0. The lowest BCUT2D eigenvalue weighted by Gasteiger charge is -2.08. The number of para-hydroxylation sites is 1. The van der Waals surface area contributed by atoms with E-state index in [1.54, 1.807) is 6.20 Å². The number of rotatable bonds is 3. The first-order chi connectivity index (χ1) is 10.2. The molecule has 0 fully saturated rings. The van der Waals surface area contributed by atoms with Gasteiger partial charge in [0.25, 0.3) is 5.91 Å². The Kier molecular flexibility index (Phi) is 3.39. The highest BCUT2D eigenvalue weighted by Crippen LogP contribution is 2.23. The molecule has 0 radical (unpaired) electrons. The maximum absolute atomic E-state index is 12.4. The molecule has 3 rings (SSSR count). The fraction of sp³-hybridized carbons (Fsp3) is 0.188. The summed E-state index contributed by atoms with van der Waals surface area (Å²) in [6.45, 7) is 3.93. The first-order valence-electron chi connectivity index (χ1n) is 6.75. The number of carbonyl (C=O) groups excluding carboxylic acids is 1. The average Bonchev–Trinajstić information content (AvgIpc) is 2.97. The maximum Gasteiger partial charge on any atom is 0.293 e. The van der Waals surface area contributed by atoms with Crippen LogP contribution in [0.5, 0.6) is 0 Å². The first-order valence-corrected chi connectivity index (χ1v) is 6.75. The van der Waals surface area contributed by atoms with Crippen LogP contribution in [0.15, 0.2) is 47.3 Å². The SMILES string of the molecule is CC(C)c1ncoc1C(=O)Nc1cccc2cccnc12. The molecule has 5 heteroatoms. The second kappa shape index (κ2) is 5.36. The molecule has 2 heterocycles. The van der Waals surface area contributed by atoms with Crippen molar-refractivity contribution in [2.45, 2.75) is 19.8 Å². The molecule has 0 saturated carbocycles. The average molecular weight is 281 g/mol. The molecule has 0 saturated heterocycles. The number of amides is 1. The second-order valence-corrected chi connectivity index (χ2v) is 5.06. The number of fused-ring (bicyclic) bond motifs is 1. The fourth-order valence-electron chi connectivity index (χ4n) is 2.22. The Morgan fingerprint density at radius 3 is 2.81 bits per heavy atom. The summed E-state index contributed by atoms with van der Waals surface area (Å²) >= 11 is 0. The van der Waals surface area contributed by atoms with Crippen LogP contribution in [0.1, 0.15) is 36.0 Å². The summed E-state index contributed by atoms with van der Waals surface area (Å²) in [7, 11) is 0. The van der Waals surface area contributed by atoms with Crippen LogP contribution in [0, 0.1) is 0 Å². The lowest BCUT2D eigenvalue weighted by Crippen LogP contribution is -2.14. The van der Waals surface area contributed by atoms with Crippen LogP contribution in [0.3, 0.4) is 0 Å². The number of anilines is 1. The Bertz CT molecular complexity index is 788. The molecule has 3 aromatic rings. The van der Waals surface area contributed by atoms with E-state index in [9.17, 15) is 4.79 Å². The van der Waals surface area contributed by atoms with E-state index < -0.39 is 0 Å². The van der Waals surface area contributed by atoms with E-state index in [-0.39, 0.29) is 17.6 Å². The third-order valence-electron chi connectivity index (χ3n) is 3.23. The van der Waals surface area contributed by atoms with Crippen LogP contribution in [-0.4, -0.2) is 15.9 Å². The molecule has 0 atom stereocenters. The van der Waals surface area contributed by atoms with Crippen LogP contribution < -0.4 is 5.32 Å². The number of nitrogens with zero attached hydrogens (tertiary/aromatic N) is 2. The summed E-state index contributed by atoms with van der Waals surface area (Å²) in [6.07, 6.45) is 3.00. The van der Waals surface area contributed by atoms with E-state index >= 15 is 0 Å². The number of hydrogen-bond donors (Lipinski definition) is 1. The predicted octanol–water partition coefficient (Wildman–Crippen LogP) is 3.60. The van der Waals surface area contributed by atoms with E-state index in [2.05, 4.69) is 15.3 Å². The van der Waals surface area contributed by atoms with Gasteiger partial charge in [-0.2, -0.15) is 0 Å². The number of carbonyl (C=O) groups is 1. The van der Waals surface area contributed by atoms with Crippen molar-refractivity contribution in [3.63, 3.8) is 0 Å². The summed E-state index contributed by atoms with van der Waals surface area (Å²) in [5.74, 6) is 0.0578. The van der Waals surface area contributed by atoms with Crippen LogP contribution in [0.25, 0.3) is 10.9 Å². The monoisotopic (exact) mass is 281 g/mol. The summed E-state index contributed by atoms with van der Waals surface area (Å²) < 4.78 is 5.23. The molecule has 106 valence electrons. The standard InChI is InChI=1S/C16H15N3O2/c1-10(2)13-15(21-9-18-13)16(20)19-12-7-3-5-11-6-4-8-17-14(11)12/h3-10H,1-2H3,(H,19,20). The molecule has 0 aliphatic rings. The molecule has 2 aromatic heterocycles. The molecular weight excluding hydrogens is 266 g/mol. The van der Waals surface area contributed by atoms with E-state index in [1.807, 2.05) is 44.2 Å². The van der Waals surface area contributed by atoms with Crippen molar-refractivity contribution in [2.75, 3.05) is 5.32 Å². The summed E-state index contributed by atoms with van der Waals surface area (Å²) in [4.78, 5) is 20.8. The molecule has 0 bridgehead atoms. The molecule has 0 spiro atoms. The molecule has 1 aromatic carbocycles. The zero-order chi connectivity index (χ0) is 14.8. The minimum Gasteiger partial charge on any atom is -0.438 e. The predicted molar refractivity (Wildman–Crippen MR) is 80.3 cm³/mol. The first kappa shape index (κ1) is 13.3. The smallest absolute Gasteiger partial charge is 0.293 e. The minimum atomic E-state index is -0.311. The number of benzene rings is 1. The number of nitrogens with one attached hydrogen (secondary N) is 1. The van der Waals surface area contributed by atoms with Crippen LogP contribution in [0.4, 0.5) is 5.69 Å². The van der Waals surface area contributed by atoms with Gasteiger partial charge in [-0.05, 0) is 18.1 Å². The number of aromatic nitrogens is 2. The van der Waals surface area contributed by atoms with E-state index in [4.69, 9.17) is 4.42 Å². The van der Waals surface area contributed by atoms with Gasteiger partial charge >= 0.3 is 0 Å². The third-order valence-corrected chi connectivity index (χ3v) is 3.23. The van der Waals surface area contributed by atoms with E-state index in [1.165, 1.54) is 6.39 Å². The van der Waals surface area contributed by atoms with Crippen molar-refractivity contribution >= 4 is 22.5 Å². The topological polar surface area (TPSA) is 68.0 Å². The Labute approximate surface area is 122 Å². The van der Waals surface area contributed by atoms with Crippen molar-refractivity contribution in [3.8, 4) is 0 Å². The van der Waals surface area contributed by atoms with Gasteiger partial charge in [0.1, 0.15) is 0 Å². The lowest BCUT2D eigenvalue weighted by molar-refractivity contribution is 0.0995. The third kappa shape index (κ3) is 2.50. The van der Waals surface area contributed by atoms with Crippen molar-refractivity contribution < 1.29 is 9.21 Å². The van der Waals surface area contributed by atoms with Gasteiger partial charge in [-0.3, -0.25) is 9.78 Å². The molecule has 0 aliphatic carbocycles.